The van der Waals surface area contributed by atoms with E-state index in [2.05, 4.69) is 0 Å². The van der Waals surface area contributed by atoms with Crippen LogP contribution in [0.5, 0.6) is 0 Å². The number of hydrogen-bond acceptors (Lipinski definition) is 14. The highest BCUT2D eigenvalue weighted by molar-refractivity contribution is 5.97. The van der Waals surface area contributed by atoms with Gasteiger partial charge < -0.3 is 54.7 Å². The van der Waals surface area contributed by atoms with E-state index in [1.807, 2.05) is 13.8 Å². The van der Waals surface area contributed by atoms with Gasteiger partial charge in [-0.15, -0.1) is 0 Å². The fraction of sp³-hybridized carbons (Fsp3) is 0.750. The molecule has 15 atom stereocenters. The summed E-state index contributed by atoms with van der Waals surface area (Å²) >= 11 is 0. The van der Waals surface area contributed by atoms with Gasteiger partial charge in [0.2, 0.25) is 0 Å². The molecule has 1 saturated heterocycles. The third kappa shape index (κ3) is 5.20. The van der Waals surface area contributed by atoms with E-state index in [0.717, 1.165) is 0 Å². The highest BCUT2D eigenvalue weighted by Crippen LogP contribution is 2.69. The maximum atomic E-state index is 13.5. The Bertz CT molecular complexity index is 1500. The first-order valence-electron chi connectivity index (χ1n) is 17.4. The molecule has 0 unspecified atom stereocenters. The van der Waals surface area contributed by atoms with Crippen LogP contribution in [-0.4, -0.2) is 127 Å². The normalized spacial score (nSPS) is 47.9. The SMILES string of the molecule is CC(=O)O[C@H]1C=C([C@H](C)[C@H]2CC(CO[C@@H]3O[C@H](CO)[C@@H](O)[C@H](O)[C@H]3O)=C(C)C(=O)O2)[C@@]2(C)CC[C@H]3[C@@H](C[C@@H](O)[C@@]4(O)CC=CC(=O)[C@]34C)[C@]12O. The molecule has 0 bridgehead atoms. The van der Waals surface area contributed by atoms with Crippen molar-refractivity contribution in [3.8, 4) is 0 Å². The van der Waals surface area contributed by atoms with Gasteiger partial charge in [-0.1, -0.05) is 25.5 Å². The van der Waals surface area contributed by atoms with E-state index >= 15 is 0 Å². The minimum atomic E-state index is -1.78. The van der Waals surface area contributed by atoms with E-state index in [-0.39, 0.29) is 37.2 Å². The van der Waals surface area contributed by atoms with Gasteiger partial charge in [0.1, 0.15) is 47.8 Å². The molecule has 6 rings (SSSR count). The Morgan fingerprint density at radius 3 is 2.44 bits per heavy atom. The van der Waals surface area contributed by atoms with E-state index in [1.54, 1.807) is 26.0 Å². The predicted molar refractivity (Wildman–Crippen MR) is 171 cm³/mol. The molecule has 0 aromatic carbocycles. The van der Waals surface area contributed by atoms with Crippen LogP contribution in [-0.2, 0) is 33.3 Å². The molecule has 3 fully saturated rings. The largest absolute Gasteiger partial charge is 0.458 e. The number of carbonyl (C=O) groups is 3. The highest BCUT2D eigenvalue weighted by Gasteiger charge is 2.75. The molecular formula is C36H50O14. The lowest BCUT2D eigenvalue weighted by molar-refractivity contribution is -0.299. The number of esters is 2. The lowest BCUT2D eigenvalue weighted by Crippen LogP contribution is -2.74. The second kappa shape index (κ2) is 12.8. The number of fused-ring (bicyclic) bond motifs is 5. The van der Waals surface area contributed by atoms with Crippen LogP contribution in [0.1, 0.15) is 66.7 Å². The van der Waals surface area contributed by atoms with Crippen molar-refractivity contribution in [2.45, 2.75) is 127 Å². The van der Waals surface area contributed by atoms with Crippen molar-refractivity contribution in [3.05, 3.63) is 34.9 Å². The van der Waals surface area contributed by atoms with Gasteiger partial charge in [0.05, 0.1) is 24.7 Å². The molecule has 2 heterocycles. The predicted octanol–water partition coefficient (Wildman–Crippen LogP) is -0.263. The molecule has 50 heavy (non-hydrogen) atoms. The number of hydrogen-bond donors (Lipinski definition) is 7. The van der Waals surface area contributed by atoms with Crippen molar-refractivity contribution in [3.63, 3.8) is 0 Å². The summed E-state index contributed by atoms with van der Waals surface area (Å²) in [6.07, 6.45) is -4.91. The van der Waals surface area contributed by atoms with E-state index in [1.165, 1.54) is 13.0 Å². The van der Waals surface area contributed by atoms with Gasteiger partial charge in [-0.05, 0) is 69.1 Å². The first-order chi connectivity index (χ1) is 23.4. The van der Waals surface area contributed by atoms with Crippen molar-refractivity contribution in [2.24, 2.45) is 28.6 Å². The second-order valence-electron chi connectivity index (χ2n) is 15.6. The van der Waals surface area contributed by atoms with Crippen molar-refractivity contribution in [1.82, 2.24) is 0 Å². The lowest BCUT2D eigenvalue weighted by atomic mass is 9.41. The quantitative estimate of drug-likeness (QED) is 0.134. The summed E-state index contributed by atoms with van der Waals surface area (Å²) in [6.45, 7) is 7.35. The molecule has 2 aliphatic heterocycles. The number of ether oxygens (including phenoxy) is 4. The van der Waals surface area contributed by atoms with Crippen LogP contribution in [0, 0.1) is 28.6 Å². The summed E-state index contributed by atoms with van der Waals surface area (Å²) in [4.78, 5) is 39.2. The first-order valence-corrected chi connectivity index (χ1v) is 17.4. The van der Waals surface area contributed by atoms with Crippen LogP contribution < -0.4 is 0 Å². The Morgan fingerprint density at radius 2 is 1.78 bits per heavy atom. The molecule has 0 radical (unpaired) electrons. The third-order valence-electron chi connectivity index (χ3n) is 13.3. The van der Waals surface area contributed by atoms with E-state index in [4.69, 9.17) is 18.9 Å². The maximum absolute atomic E-state index is 13.5. The minimum absolute atomic E-state index is 0.0307. The van der Waals surface area contributed by atoms with E-state index in [0.29, 0.717) is 24.0 Å². The number of ketones is 1. The zero-order valence-electron chi connectivity index (χ0n) is 29.0. The van der Waals surface area contributed by atoms with Crippen molar-refractivity contribution >= 4 is 17.7 Å². The molecule has 0 aromatic rings. The van der Waals surface area contributed by atoms with Crippen LogP contribution >= 0.6 is 0 Å². The first kappa shape index (κ1) is 37.2. The summed E-state index contributed by atoms with van der Waals surface area (Å²) in [5.74, 6) is -3.39. The Labute approximate surface area is 290 Å². The fourth-order valence-corrected chi connectivity index (χ4v) is 10.1. The molecule has 278 valence electrons. The van der Waals surface area contributed by atoms with Crippen LogP contribution in [0.3, 0.4) is 0 Å². The van der Waals surface area contributed by atoms with Gasteiger partial charge in [-0.3, -0.25) is 9.59 Å². The summed E-state index contributed by atoms with van der Waals surface area (Å²) in [5, 5.41) is 76.5. The summed E-state index contributed by atoms with van der Waals surface area (Å²) in [6, 6.07) is 0. The third-order valence-corrected chi connectivity index (χ3v) is 13.3. The van der Waals surface area contributed by atoms with Crippen molar-refractivity contribution in [2.75, 3.05) is 13.2 Å². The lowest BCUT2D eigenvalue weighted by Gasteiger charge is -2.65. The van der Waals surface area contributed by atoms with Gasteiger partial charge >= 0.3 is 11.9 Å². The highest BCUT2D eigenvalue weighted by atomic mass is 16.7. The standard InChI is InChI=1S/C36H50O14/c1-16-19(15-47-32-30(43)29(42)28(41)24(14-37)50-32)11-23(49-31(16)44)17(2)21-13-27(48-18(3)38)36(46)22-12-26(40)35(45)9-6-7-25(39)34(35,5)20(22)8-10-33(21,36)4/h6-7,13,17,20,22-24,26-30,32,37,40-43,45-46H,8-12,14-15H2,1-5H3/t17-,20-,22+,23+,24+,26+,27-,28+,29-,30+,32+,33+,34-,35-,36-/m0/s1. The molecule has 6 aliphatic rings. The Balaban J connectivity index is 1.28. The summed E-state index contributed by atoms with van der Waals surface area (Å²) < 4.78 is 22.9. The van der Waals surface area contributed by atoms with Crippen molar-refractivity contribution in [1.29, 1.82) is 0 Å². The van der Waals surface area contributed by atoms with Crippen LogP contribution in [0.4, 0.5) is 0 Å². The van der Waals surface area contributed by atoms with Crippen LogP contribution in [0.2, 0.25) is 0 Å². The van der Waals surface area contributed by atoms with Crippen LogP contribution in [0.15, 0.2) is 34.9 Å². The van der Waals surface area contributed by atoms with Gasteiger partial charge in [0, 0.05) is 30.3 Å². The molecule has 4 aliphatic carbocycles. The van der Waals surface area contributed by atoms with Gasteiger partial charge in [-0.2, -0.15) is 0 Å². The molecule has 7 N–H and O–H groups in total. The number of cyclic esters (lactones) is 1. The average Bonchev–Trinajstić information content (AvgIpc) is 3.29. The number of allylic oxidation sites excluding steroid dienone is 1. The Hall–Kier alpha value is -2.53. The Kier molecular flexibility index (Phi) is 9.57. The molecule has 14 nitrogen and oxygen atoms in total. The van der Waals surface area contributed by atoms with Gasteiger partial charge in [0.25, 0.3) is 0 Å². The topological polar surface area (TPSA) is 230 Å². The van der Waals surface area contributed by atoms with Gasteiger partial charge in [-0.25, -0.2) is 4.79 Å². The van der Waals surface area contributed by atoms with Crippen molar-refractivity contribution < 1.29 is 69.1 Å². The molecule has 2 saturated carbocycles. The minimum Gasteiger partial charge on any atom is -0.458 e. The monoisotopic (exact) mass is 706 g/mol. The smallest absolute Gasteiger partial charge is 0.334 e. The fourth-order valence-electron chi connectivity index (χ4n) is 10.1. The number of rotatable bonds is 7. The Morgan fingerprint density at radius 1 is 1.08 bits per heavy atom. The van der Waals surface area contributed by atoms with E-state index < -0.39 is 107 Å². The van der Waals surface area contributed by atoms with E-state index in [9.17, 15) is 50.1 Å². The molecule has 0 spiro atoms. The molecule has 0 aromatic heterocycles. The zero-order chi connectivity index (χ0) is 36.7. The zero-order valence-corrected chi connectivity index (χ0v) is 29.0. The van der Waals surface area contributed by atoms with Crippen LogP contribution in [0.25, 0.3) is 0 Å². The number of aliphatic hydroxyl groups excluding tert-OH is 5. The number of aliphatic hydroxyl groups is 7. The molecule has 0 amide bonds. The summed E-state index contributed by atoms with van der Waals surface area (Å²) in [7, 11) is 0. The average molecular weight is 707 g/mol. The number of carbonyl (C=O) groups excluding carboxylic acids is 3. The second-order valence-corrected chi connectivity index (χ2v) is 15.6. The summed E-state index contributed by atoms with van der Waals surface area (Å²) in [5.41, 5.74) is -4.46. The maximum Gasteiger partial charge on any atom is 0.334 e. The molecule has 14 heteroatoms. The van der Waals surface area contributed by atoms with Gasteiger partial charge in [0.15, 0.2) is 12.1 Å². The molecular weight excluding hydrogens is 656 g/mol.